The predicted octanol–water partition coefficient (Wildman–Crippen LogP) is 3.28. The molecule has 2 aromatic rings. The van der Waals surface area contributed by atoms with E-state index < -0.39 is 15.8 Å². The fourth-order valence-electron chi connectivity index (χ4n) is 2.76. The largest absolute Gasteiger partial charge is 0.302 e. The number of thiazole rings is 1. The summed E-state index contributed by atoms with van der Waals surface area (Å²) in [6, 6.07) is 3.33. The Labute approximate surface area is 160 Å². The average molecular weight is 418 g/mol. The number of amides is 1. The second-order valence-corrected chi connectivity index (χ2v) is 9.60. The fraction of sp³-hybridized carbons (Fsp3) is 0.375. The third-order valence-corrected chi connectivity index (χ3v) is 7.22. The first-order valence-corrected chi connectivity index (χ1v) is 10.6. The van der Waals surface area contributed by atoms with Gasteiger partial charge in [-0.2, -0.15) is 4.31 Å². The Morgan fingerprint density at radius 1 is 1.38 bits per heavy atom. The molecule has 0 spiro atoms. The highest BCUT2D eigenvalue weighted by Gasteiger charge is 2.32. The maximum absolute atomic E-state index is 13.3. The van der Waals surface area contributed by atoms with Gasteiger partial charge in [0.2, 0.25) is 15.9 Å². The average Bonchev–Trinajstić information content (AvgIpc) is 3.02. The van der Waals surface area contributed by atoms with E-state index >= 15 is 0 Å². The van der Waals surface area contributed by atoms with Crippen LogP contribution < -0.4 is 5.32 Å². The van der Waals surface area contributed by atoms with Gasteiger partial charge in [0.25, 0.3) is 0 Å². The van der Waals surface area contributed by atoms with Crippen molar-refractivity contribution >= 4 is 44.0 Å². The number of piperidine rings is 1. The van der Waals surface area contributed by atoms with E-state index in [1.807, 2.05) is 6.92 Å². The number of aromatic nitrogens is 1. The summed E-state index contributed by atoms with van der Waals surface area (Å²) < 4.78 is 39.9. The zero-order valence-electron chi connectivity index (χ0n) is 13.9. The first-order chi connectivity index (χ1) is 12.3. The van der Waals surface area contributed by atoms with Gasteiger partial charge in [0.1, 0.15) is 5.82 Å². The number of sulfonamides is 1. The molecule has 1 aliphatic heterocycles. The molecule has 0 radical (unpaired) electrons. The van der Waals surface area contributed by atoms with Gasteiger partial charge in [-0.05, 0) is 38.0 Å². The number of rotatable bonds is 4. The lowest BCUT2D eigenvalue weighted by molar-refractivity contribution is -0.120. The number of carbonyl (C=O) groups is 1. The molecule has 0 atom stereocenters. The van der Waals surface area contributed by atoms with Crippen LogP contribution in [0, 0.1) is 18.7 Å². The number of hydrogen-bond donors (Lipinski definition) is 1. The summed E-state index contributed by atoms with van der Waals surface area (Å²) in [5, 5.41) is 3.08. The number of nitrogens with zero attached hydrogens (tertiary/aromatic N) is 2. The van der Waals surface area contributed by atoms with E-state index in [1.165, 1.54) is 21.7 Å². The van der Waals surface area contributed by atoms with Crippen molar-refractivity contribution in [2.24, 2.45) is 5.92 Å². The Balaban J connectivity index is 1.63. The molecule has 3 rings (SSSR count). The summed E-state index contributed by atoms with van der Waals surface area (Å²) in [5.41, 5.74) is 0. The molecule has 0 bridgehead atoms. The number of carbonyl (C=O) groups excluding carboxylic acids is 1. The van der Waals surface area contributed by atoms with Crippen LogP contribution in [0.15, 0.2) is 29.3 Å². The molecule has 0 aliphatic carbocycles. The summed E-state index contributed by atoms with van der Waals surface area (Å²) in [7, 11) is -3.77. The molecular weight excluding hydrogens is 401 g/mol. The van der Waals surface area contributed by atoms with E-state index in [-0.39, 0.29) is 34.8 Å². The number of hydrogen-bond acceptors (Lipinski definition) is 5. The third-order valence-electron chi connectivity index (χ3n) is 4.20. The highest BCUT2D eigenvalue weighted by molar-refractivity contribution is 7.89. The molecule has 2 heterocycles. The maximum atomic E-state index is 13.3. The van der Waals surface area contributed by atoms with Gasteiger partial charge in [-0.3, -0.25) is 4.79 Å². The lowest BCUT2D eigenvalue weighted by atomic mass is 9.97. The Kier molecular flexibility index (Phi) is 5.61. The molecule has 0 saturated carbocycles. The van der Waals surface area contributed by atoms with Gasteiger partial charge in [0, 0.05) is 30.1 Å². The standard InChI is InChI=1S/C16H17ClFN3O3S2/c1-10-9-19-16(25-10)20-15(22)11-4-6-21(7-5-11)26(23,24)12-2-3-14(18)13(17)8-12/h2-3,8-9,11H,4-7H2,1H3,(H,19,20,22). The highest BCUT2D eigenvalue weighted by atomic mass is 35.5. The molecule has 1 aromatic heterocycles. The number of halogens is 2. The lowest BCUT2D eigenvalue weighted by Gasteiger charge is -2.30. The molecule has 1 aromatic carbocycles. The van der Waals surface area contributed by atoms with E-state index in [0.717, 1.165) is 17.0 Å². The smallest absolute Gasteiger partial charge is 0.243 e. The van der Waals surface area contributed by atoms with Crippen LogP contribution in [0.1, 0.15) is 17.7 Å². The number of anilines is 1. The van der Waals surface area contributed by atoms with Crippen molar-refractivity contribution in [1.29, 1.82) is 0 Å². The summed E-state index contributed by atoms with van der Waals surface area (Å²) >= 11 is 7.08. The summed E-state index contributed by atoms with van der Waals surface area (Å²) in [6.45, 7) is 2.33. The predicted molar refractivity (Wildman–Crippen MR) is 98.4 cm³/mol. The van der Waals surface area contributed by atoms with E-state index in [9.17, 15) is 17.6 Å². The van der Waals surface area contributed by atoms with Crippen molar-refractivity contribution in [2.75, 3.05) is 18.4 Å². The van der Waals surface area contributed by atoms with Crippen molar-refractivity contribution in [3.63, 3.8) is 0 Å². The molecule has 10 heteroatoms. The van der Waals surface area contributed by atoms with E-state index in [0.29, 0.717) is 18.0 Å². The van der Waals surface area contributed by atoms with Crippen molar-refractivity contribution in [2.45, 2.75) is 24.7 Å². The van der Waals surface area contributed by atoms with Crippen LogP contribution in [0.25, 0.3) is 0 Å². The van der Waals surface area contributed by atoms with Gasteiger partial charge < -0.3 is 5.32 Å². The normalized spacial score (nSPS) is 16.6. The van der Waals surface area contributed by atoms with Crippen LogP contribution in [0.2, 0.25) is 5.02 Å². The first-order valence-electron chi connectivity index (χ1n) is 7.96. The molecule has 1 amide bonds. The van der Waals surface area contributed by atoms with Gasteiger partial charge in [-0.1, -0.05) is 11.6 Å². The Morgan fingerprint density at radius 3 is 2.65 bits per heavy atom. The van der Waals surface area contributed by atoms with Crippen molar-refractivity contribution < 1.29 is 17.6 Å². The summed E-state index contributed by atoms with van der Waals surface area (Å²) in [5.74, 6) is -1.10. The molecule has 140 valence electrons. The van der Waals surface area contributed by atoms with Gasteiger partial charge in [0.05, 0.1) is 9.92 Å². The van der Waals surface area contributed by atoms with Crippen LogP contribution in [-0.2, 0) is 14.8 Å². The maximum Gasteiger partial charge on any atom is 0.243 e. The SMILES string of the molecule is Cc1cnc(NC(=O)C2CCN(S(=O)(=O)c3ccc(F)c(Cl)c3)CC2)s1. The minimum Gasteiger partial charge on any atom is -0.302 e. The number of benzene rings is 1. The molecule has 1 aliphatic rings. The zero-order chi connectivity index (χ0) is 18.9. The minimum atomic E-state index is -3.77. The number of nitrogens with one attached hydrogen (secondary N) is 1. The van der Waals surface area contributed by atoms with E-state index in [4.69, 9.17) is 11.6 Å². The summed E-state index contributed by atoms with van der Waals surface area (Å²) in [6.07, 6.45) is 2.50. The molecule has 26 heavy (non-hydrogen) atoms. The molecule has 1 N–H and O–H groups in total. The van der Waals surface area contributed by atoms with E-state index in [1.54, 1.807) is 6.20 Å². The van der Waals surface area contributed by atoms with E-state index in [2.05, 4.69) is 10.3 Å². The Hall–Kier alpha value is -1.55. The van der Waals surface area contributed by atoms with Crippen molar-refractivity contribution in [3.05, 3.63) is 40.1 Å². The second-order valence-electron chi connectivity index (χ2n) is 6.02. The summed E-state index contributed by atoms with van der Waals surface area (Å²) in [4.78, 5) is 17.4. The highest BCUT2D eigenvalue weighted by Crippen LogP contribution is 2.27. The Morgan fingerprint density at radius 2 is 2.08 bits per heavy atom. The van der Waals surface area contributed by atoms with Crippen molar-refractivity contribution in [3.8, 4) is 0 Å². The second kappa shape index (κ2) is 7.59. The zero-order valence-corrected chi connectivity index (χ0v) is 16.3. The van der Waals surface area contributed by atoms with Crippen molar-refractivity contribution in [1.82, 2.24) is 9.29 Å². The molecule has 6 nitrogen and oxygen atoms in total. The third kappa shape index (κ3) is 4.06. The van der Waals surface area contributed by atoms with Crippen LogP contribution in [0.4, 0.5) is 9.52 Å². The molecular formula is C16H17ClFN3O3S2. The minimum absolute atomic E-state index is 0.0509. The van der Waals surface area contributed by atoms with Crippen LogP contribution in [0.5, 0.6) is 0 Å². The van der Waals surface area contributed by atoms with Crippen LogP contribution in [-0.4, -0.2) is 36.7 Å². The fourth-order valence-corrected chi connectivity index (χ4v) is 5.17. The molecule has 1 saturated heterocycles. The Bertz CT molecular complexity index is 925. The van der Waals surface area contributed by atoms with Gasteiger partial charge >= 0.3 is 0 Å². The van der Waals surface area contributed by atoms with Gasteiger partial charge in [0.15, 0.2) is 5.13 Å². The first kappa shape index (κ1) is 19.2. The molecule has 1 fully saturated rings. The quantitative estimate of drug-likeness (QED) is 0.827. The van der Waals surface area contributed by atoms with Gasteiger partial charge in [-0.25, -0.2) is 17.8 Å². The number of aryl methyl sites for hydroxylation is 1. The van der Waals surface area contributed by atoms with Crippen LogP contribution >= 0.6 is 22.9 Å². The topological polar surface area (TPSA) is 79.4 Å². The van der Waals surface area contributed by atoms with Crippen LogP contribution in [0.3, 0.4) is 0 Å². The molecule has 0 unspecified atom stereocenters. The van der Waals surface area contributed by atoms with Gasteiger partial charge in [-0.15, -0.1) is 11.3 Å². The monoisotopic (exact) mass is 417 g/mol. The lowest BCUT2D eigenvalue weighted by Crippen LogP contribution is -2.41.